The van der Waals surface area contributed by atoms with Crippen molar-refractivity contribution in [2.45, 2.75) is 37.9 Å². The summed E-state index contributed by atoms with van der Waals surface area (Å²) in [4.78, 5) is 38.4. The first-order valence-corrected chi connectivity index (χ1v) is 11.8. The van der Waals surface area contributed by atoms with Gasteiger partial charge in [-0.25, -0.2) is 5.48 Å². The first kappa shape index (κ1) is 26.9. The Balaban J connectivity index is 1.63. The Morgan fingerprint density at radius 1 is 1.00 bits per heavy atom. The number of benzene rings is 2. The zero-order chi connectivity index (χ0) is 26.1. The first-order valence-electron chi connectivity index (χ1n) is 11.8. The summed E-state index contributed by atoms with van der Waals surface area (Å²) in [5.74, 6) is 3.88. The molecule has 0 radical (unpaired) electrons. The monoisotopic (exact) mass is 492 g/mol. The van der Waals surface area contributed by atoms with E-state index in [-0.39, 0.29) is 5.56 Å². The Morgan fingerprint density at radius 2 is 1.56 bits per heavy atom. The van der Waals surface area contributed by atoms with Gasteiger partial charge in [0.2, 0.25) is 0 Å². The lowest BCUT2D eigenvalue weighted by atomic mass is 9.96. The highest BCUT2D eigenvalue weighted by Gasteiger charge is 2.47. The van der Waals surface area contributed by atoms with E-state index < -0.39 is 23.3 Å². The zero-order valence-electron chi connectivity index (χ0n) is 20.8. The molecular weight excluding hydrogens is 460 g/mol. The van der Waals surface area contributed by atoms with E-state index in [0.29, 0.717) is 11.6 Å². The topological polar surface area (TPSA) is 120 Å². The highest BCUT2D eigenvalue weighted by molar-refractivity contribution is 6.12. The summed E-state index contributed by atoms with van der Waals surface area (Å²) >= 11 is 0. The molecule has 1 atom stereocenters. The van der Waals surface area contributed by atoms with Crippen molar-refractivity contribution in [2.24, 2.45) is 0 Å². The maximum Gasteiger partial charge on any atom is 0.278 e. The second-order valence-electron chi connectivity index (χ2n) is 8.75. The number of rotatable bonds is 7. The van der Waals surface area contributed by atoms with Gasteiger partial charge in [0.15, 0.2) is 5.54 Å². The van der Waals surface area contributed by atoms with Crippen LogP contribution in [0, 0.1) is 11.8 Å². The molecule has 1 fully saturated rings. The lowest BCUT2D eigenvalue weighted by molar-refractivity contribution is -0.148. The van der Waals surface area contributed by atoms with Gasteiger partial charge in [-0.3, -0.25) is 19.6 Å². The molecule has 0 unspecified atom stereocenters. The van der Waals surface area contributed by atoms with E-state index in [2.05, 4.69) is 34.6 Å². The molecule has 1 saturated heterocycles. The maximum atomic E-state index is 12.9. The molecule has 2 aromatic carbocycles. The van der Waals surface area contributed by atoms with Crippen LogP contribution in [-0.2, 0) is 20.9 Å². The number of amides is 3. The largest absolute Gasteiger partial charge is 0.381 e. The number of likely N-dealkylation sites (N-methyl/N-ethyl adjacent to an activating group) is 2. The summed E-state index contributed by atoms with van der Waals surface area (Å²) in [6.45, 7) is 3.69. The molecule has 0 bridgehead atoms. The highest BCUT2D eigenvalue weighted by atomic mass is 16.5. The SMILES string of the molecule is CNC(=O)[C@@](C)(C(=O)NO)N(C)C(=O)c1ccc(C#Cc2ccc(CNC3CCOCC3)cc2)cc1. The van der Waals surface area contributed by atoms with E-state index in [1.54, 1.807) is 24.3 Å². The van der Waals surface area contributed by atoms with Crippen molar-refractivity contribution in [2.75, 3.05) is 27.3 Å². The zero-order valence-corrected chi connectivity index (χ0v) is 20.8. The standard InChI is InChI=1S/C27H32N4O5/c1-27(25(33)28-2,26(34)30-35)31(3)24(32)22-12-10-20(11-13-22)5-4-19-6-8-21(9-7-19)18-29-23-14-16-36-17-15-23/h6-13,23,29,35H,14-18H2,1-3H3,(H,28,33)(H,30,34)/t27-/m0/s1. The fraction of sp³-hybridized carbons (Fsp3) is 0.370. The van der Waals surface area contributed by atoms with Gasteiger partial charge in [0.1, 0.15) is 0 Å². The number of ether oxygens (including phenoxy) is 1. The molecule has 36 heavy (non-hydrogen) atoms. The van der Waals surface area contributed by atoms with Crippen LogP contribution in [0.15, 0.2) is 48.5 Å². The summed E-state index contributed by atoms with van der Waals surface area (Å²) in [7, 11) is 2.66. The van der Waals surface area contributed by atoms with Crippen molar-refractivity contribution in [1.29, 1.82) is 0 Å². The van der Waals surface area contributed by atoms with Crippen molar-refractivity contribution in [1.82, 2.24) is 21.0 Å². The molecule has 9 heteroatoms. The van der Waals surface area contributed by atoms with Crippen LogP contribution in [0.4, 0.5) is 0 Å². The van der Waals surface area contributed by atoms with E-state index >= 15 is 0 Å². The van der Waals surface area contributed by atoms with Gasteiger partial charge in [0.25, 0.3) is 17.7 Å². The van der Waals surface area contributed by atoms with Gasteiger partial charge in [0, 0.05) is 56.6 Å². The lowest BCUT2D eigenvalue weighted by Crippen LogP contribution is -2.64. The predicted molar refractivity (Wildman–Crippen MR) is 134 cm³/mol. The fourth-order valence-corrected chi connectivity index (χ4v) is 3.87. The van der Waals surface area contributed by atoms with Crippen molar-refractivity contribution in [3.63, 3.8) is 0 Å². The minimum Gasteiger partial charge on any atom is -0.381 e. The molecular formula is C27H32N4O5. The molecule has 3 amide bonds. The van der Waals surface area contributed by atoms with Crippen molar-refractivity contribution < 1.29 is 24.3 Å². The van der Waals surface area contributed by atoms with E-state index in [1.807, 2.05) is 12.1 Å². The predicted octanol–water partition coefficient (Wildman–Crippen LogP) is 1.44. The quantitative estimate of drug-likeness (QED) is 0.201. The van der Waals surface area contributed by atoms with Gasteiger partial charge < -0.3 is 20.3 Å². The minimum absolute atomic E-state index is 0.269. The third-order valence-electron chi connectivity index (χ3n) is 6.44. The van der Waals surface area contributed by atoms with Gasteiger partial charge in [-0.15, -0.1) is 0 Å². The second-order valence-corrected chi connectivity index (χ2v) is 8.75. The number of hydrogen-bond donors (Lipinski definition) is 4. The number of nitrogens with zero attached hydrogens (tertiary/aromatic N) is 1. The van der Waals surface area contributed by atoms with Crippen LogP contribution in [0.1, 0.15) is 46.8 Å². The number of carbonyl (C=O) groups is 3. The Hall–Kier alpha value is -3.71. The highest BCUT2D eigenvalue weighted by Crippen LogP contribution is 2.18. The number of carbonyl (C=O) groups excluding carboxylic acids is 3. The fourth-order valence-electron chi connectivity index (χ4n) is 3.87. The Bertz CT molecular complexity index is 1110. The summed E-state index contributed by atoms with van der Waals surface area (Å²) in [6, 6.07) is 15.1. The molecule has 3 rings (SSSR count). The molecule has 1 aliphatic heterocycles. The maximum absolute atomic E-state index is 12.9. The summed E-state index contributed by atoms with van der Waals surface area (Å²) in [5.41, 5.74) is 2.56. The van der Waals surface area contributed by atoms with Crippen LogP contribution < -0.4 is 16.1 Å². The van der Waals surface area contributed by atoms with Gasteiger partial charge in [-0.05, 0) is 61.7 Å². The molecule has 0 aromatic heterocycles. The van der Waals surface area contributed by atoms with E-state index in [0.717, 1.165) is 43.1 Å². The molecule has 0 aliphatic carbocycles. The third kappa shape index (κ3) is 6.29. The number of hydrogen-bond acceptors (Lipinski definition) is 6. The summed E-state index contributed by atoms with van der Waals surface area (Å²) < 4.78 is 5.39. The average molecular weight is 493 g/mol. The van der Waals surface area contributed by atoms with Gasteiger partial charge in [-0.2, -0.15) is 0 Å². The normalized spacial score (nSPS) is 15.1. The van der Waals surface area contributed by atoms with Crippen LogP contribution in [0.2, 0.25) is 0 Å². The molecule has 4 N–H and O–H groups in total. The molecule has 2 aromatic rings. The molecule has 9 nitrogen and oxygen atoms in total. The second kappa shape index (κ2) is 12.3. The van der Waals surface area contributed by atoms with E-state index in [9.17, 15) is 14.4 Å². The van der Waals surface area contributed by atoms with Crippen LogP contribution >= 0.6 is 0 Å². The van der Waals surface area contributed by atoms with Crippen LogP contribution in [0.3, 0.4) is 0 Å². The van der Waals surface area contributed by atoms with Crippen molar-refractivity contribution >= 4 is 17.7 Å². The minimum atomic E-state index is -1.94. The molecule has 0 saturated carbocycles. The number of hydroxylamine groups is 1. The lowest BCUT2D eigenvalue weighted by Gasteiger charge is -2.34. The summed E-state index contributed by atoms with van der Waals surface area (Å²) in [6.07, 6.45) is 2.07. The molecule has 1 heterocycles. The Morgan fingerprint density at radius 3 is 2.08 bits per heavy atom. The Labute approximate surface area is 211 Å². The third-order valence-corrected chi connectivity index (χ3v) is 6.44. The van der Waals surface area contributed by atoms with Crippen molar-refractivity contribution in [3.8, 4) is 11.8 Å². The van der Waals surface area contributed by atoms with E-state index in [4.69, 9.17) is 9.94 Å². The van der Waals surface area contributed by atoms with Gasteiger partial charge >= 0.3 is 0 Å². The van der Waals surface area contributed by atoms with Crippen LogP contribution in [-0.4, -0.2) is 66.7 Å². The van der Waals surface area contributed by atoms with Crippen LogP contribution in [0.5, 0.6) is 0 Å². The Kier molecular flexibility index (Phi) is 9.19. The smallest absolute Gasteiger partial charge is 0.278 e. The van der Waals surface area contributed by atoms with Crippen LogP contribution in [0.25, 0.3) is 0 Å². The van der Waals surface area contributed by atoms with Crippen molar-refractivity contribution in [3.05, 3.63) is 70.8 Å². The first-order chi connectivity index (χ1) is 17.3. The number of nitrogens with one attached hydrogen (secondary N) is 3. The summed E-state index contributed by atoms with van der Waals surface area (Å²) in [5, 5.41) is 15.0. The molecule has 0 spiro atoms. The molecule has 1 aliphatic rings. The molecule has 190 valence electrons. The van der Waals surface area contributed by atoms with Gasteiger partial charge in [0.05, 0.1) is 0 Å². The van der Waals surface area contributed by atoms with E-state index in [1.165, 1.54) is 32.1 Å². The van der Waals surface area contributed by atoms with Gasteiger partial charge in [-0.1, -0.05) is 24.0 Å². The average Bonchev–Trinajstić information content (AvgIpc) is 2.94.